The van der Waals surface area contributed by atoms with Gasteiger partial charge in [-0.05, 0) is 24.6 Å². The third-order valence-corrected chi connectivity index (χ3v) is 2.85. The summed E-state index contributed by atoms with van der Waals surface area (Å²) in [7, 11) is 1.93. The van der Waals surface area contributed by atoms with Crippen LogP contribution in [0.15, 0.2) is 24.3 Å². The highest BCUT2D eigenvalue weighted by molar-refractivity contribution is 5.45. The maximum atomic E-state index is 13.1. The van der Waals surface area contributed by atoms with Gasteiger partial charge >= 0.3 is 0 Å². The van der Waals surface area contributed by atoms with Crippen molar-refractivity contribution in [1.82, 2.24) is 5.32 Å². The van der Waals surface area contributed by atoms with Crippen LogP contribution < -0.4 is 10.2 Å². The Morgan fingerprint density at radius 1 is 1.39 bits per heavy atom. The van der Waals surface area contributed by atoms with Crippen LogP contribution in [0.5, 0.6) is 0 Å². The predicted molar refractivity (Wildman–Crippen MR) is 73.4 cm³/mol. The number of aliphatic hydroxyl groups is 1. The lowest BCUT2D eigenvalue weighted by molar-refractivity contribution is 0.229. The van der Waals surface area contributed by atoms with Gasteiger partial charge < -0.3 is 15.3 Å². The van der Waals surface area contributed by atoms with Gasteiger partial charge in [0.2, 0.25) is 0 Å². The number of nitrogens with one attached hydrogen (secondary N) is 1. The van der Waals surface area contributed by atoms with E-state index < -0.39 is 0 Å². The molecule has 102 valence electrons. The fraction of sp³-hybridized carbons (Fsp3) is 0.571. The van der Waals surface area contributed by atoms with Crippen LogP contribution in [-0.4, -0.2) is 37.4 Å². The Kier molecular flexibility index (Phi) is 6.09. The minimum absolute atomic E-state index is 0.0843. The molecule has 1 aromatic rings. The minimum Gasteiger partial charge on any atom is -0.395 e. The SMILES string of the molecule is CC(C)NC(CO)CCN(C)c1cccc(F)c1. The monoisotopic (exact) mass is 254 g/mol. The number of hydrogen-bond acceptors (Lipinski definition) is 3. The number of benzene rings is 1. The highest BCUT2D eigenvalue weighted by atomic mass is 19.1. The Hall–Kier alpha value is -1.13. The topological polar surface area (TPSA) is 35.5 Å². The number of anilines is 1. The van der Waals surface area contributed by atoms with Crippen LogP contribution in [-0.2, 0) is 0 Å². The third kappa shape index (κ3) is 5.02. The maximum absolute atomic E-state index is 13.1. The molecule has 1 atom stereocenters. The Balaban J connectivity index is 2.47. The van der Waals surface area contributed by atoms with Gasteiger partial charge in [-0.25, -0.2) is 4.39 Å². The van der Waals surface area contributed by atoms with E-state index in [1.807, 2.05) is 18.0 Å². The zero-order chi connectivity index (χ0) is 13.5. The average Bonchev–Trinajstić information content (AvgIpc) is 2.33. The molecule has 0 bridgehead atoms. The fourth-order valence-electron chi connectivity index (χ4n) is 1.89. The molecule has 0 spiro atoms. The zero-order valence-electron chi connectivity index (χ0n) is 11.4. The summed E-state index contributed by atoms with van der Waals surface area (Å²) < 4.78 is 13.1. The van der Waals surface area contributed by atoms with Crippen LogP contribution in [0.4, 0.5) is 10.1 Å². The molecule has 0 heterocycles. The van der Waals surface area contributed by atoms with Crippen molar-refractivity contribution in [2.24, 2.45) is 0 Å². The molecule has 0 saturated heterocycles. The third-order valence-electron chi connectivity index (χ3n) is 2.85. The molecule has 18 heavy (non-hydrogen) atoms. The normalized spacial score (nSPS) is 12.8. The molecular weight excluding hydrogens is 231 g/mol. The Morgan fingerprint density at radius 2 is 2.11 bits per heavy atom. The van der Waals surface area contributed by atoms with E-state index >= 15 is 0 Å². The van der Waals surface area contributed by atoms with Crippen molar-refractivity contribution in [1.29, 1.82) is 0 Å². The summed E-state index contributed by atoms with van der Waals surface area (Å²) in [5.74, 6) is -0.224. The van der Waals surface area contributed by atoms with E-state index in [2.05, 4.69) is 19.2 Å². The van der Waals surface area contributed by atoms with Crippen LogP contribution in [0.3, 0.4) is 0 Å². The van der Waals surface area contributed by atoms with Crippen LogP contribution in [0.2, 0.25) is 0 Å². The first-order valence-corrected chi connectivity index (χ1v) is 6.36. The molecule has 0 fully saturated rings. The van der Waals surface area contributed by atoms with Gasteiger partial charge in [0.05, 0.1) is 6.61 Å². The lowest BCUT2D eigenvalue weighted by Gasteiger charge is -2.24. The molecule has 0 aliphatic rings. The molecule has 2 N–H and O–H groups in total. The first-order valence-electron chi connectivity index (χ1n) is 6.36. The molecule has 0 saturated carbocycles. The van der Waals surface area contributed by atoms with Crippen molar-refractivity contribution in [3.63, 3.8) is 0 Å². The summed E-state index contributed by atoms with van der Waals surface area (Å²) >= 11 is 0. The lowest BCUT2D eigenvalue weighted by Crippen LogP contribution is -2.39. The van der Waals surface area contributed by atoms with E-state index in [0.29, 0.717) is 6.04 Å². The van der Waals surface area contributed by atoms with E-state index in [1.54, 1.807) is 6.07 Å². The summed E-state index contributed by atoms with van der Waals surface area (Å²) in [5, 5.41) is 12.6. The summed E-state index contributed by atoms with van der Waals surface area (Å²) in [5.41, 5.74) is 0.858. The number of aliphatic hydroxyl groups excluding tert-OH is 1. The van der Waals surface area contributed by atoms with Gasteiger partial charge in [0.1, 0.15) is 5.82 Å². The van der Waals surface area contributed by atoms with E-state index in [4.69, 9.17) is 0 Å². The Morgan fingerprint density at radius 3 is 2.67 bits per heavy atom. The van der Waals surface area contributed by atoms with Crippen molar-refractivity contribution in [2.75, 3.05) is 25.1 Å². The second-order valence-corrected chi connectivity index (χ2v) is 4.89. The van der Waals surface area contributed by atoms with E-state index in [-0.39, 0.29) is 18.5 Å². The molecule has 0 amide bonds. The van der Waals surface area contributed by atoms with Crippen LogP contribution in [0, 0.1) is 5.82 Å². The molecule has 1 aromatic carbocycles. The number of hydrogen-bond donors (Lipinski definition) is 2. The first kappa shape index (κ1) is 14.9. The van der Waals surface area contributed by atoms with Gasteiger partial charge in [0.25, 0.3) is 0 Å². The summed E-state index contributed by atoms with van der Waals surface area (Å²) in [4.78, 5) is 1.99. The largest absolute Gasteiger partial charge is 0.395 e. The van der Waals surface area contributed by atoms with Gasteiger partial charge in [-0.2, -0.15) is 0 Å². The molecule has 0 aliphatic heterocycles. The molecule has 1 unspecified atom stereocenters. The smallest absolute Gasteiger partial charge is 0.125 e. The molecule has 0 aliphatic carbocycles. The standard InChI is InChI=1S/C14H23FN2O/c1-11(2)16-13(10-18)7-8-17(3)14-6-4-5-12(15)9-14/h4-6,9,11,13,16,18H,7-8,10H2,1-3H3. The molecule has 0 radical (unpaired) electrons. The van der Waals surface area contributed by atoms with Gasteiger partial charge in [-0.1, -0.05) is 19.9 Å². The van der Waals surface area contributed by atoms with Crippen molar-refractivity contribution in [2.45, 2.75) is 32.4 Å². The summed E-state index contributed by atoms with van der Waals surface area (Å²) in [6, 6.07) is 6.98. The number of nitrogens with zero attached hydrogens (tertiary/aromatic N) is 1. The van der Waals surface area contributed by atoms with Gasteiger partial charge in [0, 0.05) is 31.4 Å². The molecule has 0 aromatic heterocycles. The number of halogens is 1. The minimum atomic E-state index is -0.224. The Bertz CT molecular complexity index is 357. The van der Waals surface area contributed by atoms with Crippen molar-refractivity contribution in [3.8, 4) is 0 Å². The van der Waals surface area contributed by atoms with E-state index in [1.165, 1.54) is 12.1 Å². The maximum Gasteiger partial charge on any atom is 0.125 e. The molecular formula is C14H23FN2O. The zero-order valence-corrected chi connectivity index (χ0v) is 11.4. The second-order valence-electron chi connectivity index (χ2n) is 4.89. The van der Waals surface area contributed by atoms with E-state index in [9.17, 15) is 9.50 Å². The van der Waals surface area contributed by atoms with Crippen molar-refractivity contribution < 1.29 is 9.50 Å². The molecule has 1 rings (SSSR count). The highest BCUT2D eigenvalue weighted by Crippen LogP contribution is 2.14. The van der Waals surface area contributed by atoms with Crippen LogP contribution in [0.25, 0.3) is 0 Å². The van der Waals surface area contributed by atoms with E-state index in [0.717, 1.165) is 18.7 Å². The highest BCUT2D eigenvalue weighted by Gasteiger charge is 2.10. The van der Waals surface area contributed by atoms with Crippen LogP contribution >= 0.6 is 0 Å². The summed E-state index contributed by atoms with van der Waals surface area (Å²) in [6.45, 7) is 5.00. The first-order chi connectivity index (χ1) is 8.52. The predicted octanol–water partition coefficient (Wildman–Crippen LogP) is 2.01. The number of rotatable bonds is 7. The molecule has 4 heteroatoms. The lowest BCUT2D eigenvalue weighted by atomic mass is 10.2. The quantitative estimate of drug-likeness (QED) is 0.781. The average molecular weight is 254 g/mol. The van der Waals surface area contributed by atoms with Gasteiger partial charge in [0.15, 0.2) is 0 Å². The van der Waals surface area contributed by atoms with Crippen molar-refractivity contribution >= 4 is 5.69 Å². The summed E-state index contributed by atoms with van der Waals surface area (Å²) in [6.07, 6.45) is 0.821. The van der Waals surface area contributed by atoms with Crippen molar-refractivity contribution in [3.05, 3.63) is 30.1 Å². The van der Waals surface area contributed by atoms with Gasteiger partial charge in [-0.3, -0.25) is 0 Å². The van der Waals surface area contributed by atoms with Crippen LogP contribution in [0.1, 0.15) is 20.3 Å². The fourth-order valence-corrected chi connectivity index (χ4v) is 1.89. The molecule has 3 nitrogen and oxygen atoms in total. The second kappa shape index (κ2) is 7.34. The van der Waals surface area contributed by atoms with Gasteiger partial charge in [-0.15, -0.1) is 0 Å². The Labute approximate surface area is 109 Å².